The summed E-state index contributed by atoms with van der Waals surface area (Å²) in [6, 6.07) is 23.7. The van der Waals surface area contributed by atoms with Crippen molar-refractivity contribution in [2.24, 2.45) is 0 Å². The van der Waals surface area contributed by atoms with Crippen LogP contribution in [0.1, 0.15) is 0 Å². The molecule has 6 rings (SSSR count). The first-order valence-electron chi connectivity index (χ1n) is 10.1. The number of hydrogen-bond donors (Lipinski definition) is 0. The highest BCUT2D eigenvalue weighted by Gasteiger charge is 2.26. The lowest BCUT2D eigenvalue weighted by molar-refractivity contribution is 0.282. The molecule has 0 saturated carbocycles. The van der Waals surface area contributed by atoms with Gasteiger partial charge >= 0.3 is 17.2 Å². The summed E-state index contributed by atoms with van der Waals surface area (Å²) >= 11 is 0. The van der Waals surface area contributed by atoms with Crippen LogP contribution in [-0.4, -0.2) is 13.2 Å². The Kier molecular flexibility index (Phi) is 5.30. The second-order valence-electron chi connectivity index (χ2n) is 7.10. The molecule has 0 aliphatic carbocycles. The Morgan fingerprint density at radius 3 is 1.22 bits per heavy atom. The molecule has 4 aromatic rings. The van der Waals surface area contributed by atoms with Gasteiger partial charge in [0, 0.05) is 0 Å². The van der Waals surface area contributed by atoms with E-state index in [4.69, 9.17) is 27.1 Å². The topological polar surface area (TPSA) is 55.4 Å². The molecule has 0 atom stereocenters. The average molecular weight is 464 g/mol. The molecule has 2 aliphatic heterocycles. The van der Waals surface area contributed by atoms with E-state index in [-0.39, 0.29) is 0 Å². The summed E-state index contributed by atoms with van der Waals surface area (Å²) in [7, 11) is -3.01. The molecule has 0 saturated heterocycles. The normalized spacial score (nSPS) is 15.4. The molecule has 0 fully saturated rings. The fraction of sp³-hybridized carbons (Fsp3) is 0.0833. The SMILES string of the molecule is C(=C/COP1Oc2cccc3cccc(c23)O1)/COP1Oc2cccc3cccc(c23)O1. The molecule has 0 N–H and O–H groups in total. The van der Waals surface area contributed by atoms with Crippen molar-refractivity contribution in [3.8, 4) is 23.0 Å². The maximum Gasteiger partial charge on any atom is 0.463 e. The molecule has 0 unspecified atom stereocenters. The summed E-state index contributed by atoms with van der Waals surface area (Å²) in [6.07, 6.45) is 3.73. The summed E-state index contributed by atoms with van der Waals surface area (Å²) in [4.78, 5) is 0. The van der Waals surface area contributed by atoms with E-state index in [1.807, 2.05) is 84.9 Å². The van der Waals surface area contributed by atoms with Crippen LogP contribution in [0.3, 0.4) is 0 Å². The van der Waals surface area contributed by atoms with E-state index in [1.165, 1.54) is 0 Å². The third-order valence-electron chi connectivity index (χ3n) is 5.07. The van der Waals surface area contributed by atoms with Crippen LogP contribution in [0.15, 0.2) is 84.9 Å². The fourth-order valence-electron chi connectivity index (χ4n) is 3.66. The van der Waals surface area contributed by atoms with Crippen molar-refractivity contribution in [3.63, 3.8) is 0 Å². The molecule has 0 amide bonds. The van der Waals surface area contributed by atoms with E-state index in [9.17, 15) is 0 Å². The standard InChI is InChI=1S/C24H18O6P2/c1(15-25-31-27-19-11-3-7-17-8-4-12-20(28-31)23(17)19)2-16-26-32-29-21-13-5-9-18-10-6-14-22(30-32)24(18)21/h1-14H,15-16H2/b2-1-. The first-order chi connectivity index (χ1) is 15.8. The Balaban J connectivity index is 1.01. The summed E-state index contributed by atoms with van der Waals surface area (Å²) in [5, 5.41) is 4.13. The maximum absolute atomic E-state index is 5.88. The summed E-state index contributed by atoms with van der Waals surface area (Å²) in [5.41, 5.74) is 0. The summed E-state index contributed by atoms with van der Waals surface area (Å²) in [5.74, 6) is 3.14. The van der Waals surface area contributed by atoms with Crippen LogP contribution in [0, 0.1) is 0 Å². The van der Waals surface area contributed by atoms with Crippen LogP contribution in [0.2, 0.25) is 0 Å². The van der Waals surface area contributed by atoms with Crippen LogP contribution < -0.4 is 18.1 Å². The van der Waals surface area contributed by atoms with Crippen LogP contribution in [0.5, 0.6) is 23.0 Å². The Morgan fingerprint density at radius 1 is 0.531 bits per heavy atom. The van der Waals surface area contributed by atoms with Gasteiger partial charge in [-0.1, -0.05) is 60.7 Å². The lowest BCUT2D eigenvalue weighted by Crippen LogP contribution is -2.06. The van der Waals surface area contributed by atoms with Gasteiger partial charge in [0.15, 0.2) is 0 Å². The quantitative estimate of drug-likeness (QED) is 0.221. The van der Waals surface area contributed by atoms with Gasteiger partial charge < -0.3 is 18.1 Å². The molecule has 160 valence electrons. The van der Waals surface area contributed by atoms with Crippen molar-refractivity contribution < 1.29 is 27.1 Å². The number of hydrogen-bond acceptors (Lipinski definition) is 6. The number of rotatable bonds is 6. The van der Waals surface area contributed by atoms with Crippen molar-refractivity contribution in [1.82, 2.24) is 0 Å². The minimum absolute atomic E-state index is 0.342. The highest BCUT2D eigenvalue weighted by molar-refractivity contribution is 7.43. The van der Waals surface area contributed by atoms with E-state index in [2.05, 4.69) is 0 Å². The molecular weight excluding hydrogens is 446 g/mol. The molecule has 6 nitrogen and oxygen atoms in total. The van der Waals surface area contributed by atoms with Gasteiger partial charge in [-0.15, -0.1) is 0 Å². The smallest absolute Gasteiger partial charge is 0.417 e. The summed E-state index contributed by atoms with van der Waals surface area (Å²) in [6.45, 7) is 0.685. The monoisotopic (exact) mass is 464 g/mol. The highest BCUT2D eigenvalue weighted by Crippen LogP contribution is 2.52. The van der Waals surface area contributed by atoms with Gasteiger partial charge in [0.05, 0.1) is 24.0 Å². The second-order valence-corrected chi connectivity index (χ2v) is 9.24. The minimum atomic E-state index is -1.50. The number of benzene rings is 4. The van der Waals surface area contributed by atoms with Gasteiger partial charge in [-0.2, -0.15) is 0 Å². The summed E-state index contributed by atoms with van der Waals surface area (Å²) < 4.78 is 35.1. The third kappa shape index (κ3) is 3.76. The zero-order valence-corrected chi connectivity index (χ0v) is 18.6. The second kappa shape index (κ2) is 8.57. The average Bonchev–Trinajstić information content (AvgIpc) is 2.82. The van der Waals surface area contributed by atoms with Gasteiger partial charge in [0.25, 0.3) is 0 Å². The molecule has 0 spiro atoms. The van der Waals surface area contributed by atoms with Crippen molar-refractivity contribution in [3.05, 3.63) is 84.9 Å². The predicted octanol–water partition coefficient (Wildman–Crippen LogP) is 7.28. The van der Waals surface area contributed by atoms with Crippen molar-refractivity contribution in [1.29, 1.82) is 0 Å². The van der Waals surface area contributed by atoms with Gasteiger partial charge in [0.1, 0.15) is 23.0 Å². The van der Waals surface area contributed by atoms with Crippen LogP contribution in [0.4, 0.5) is 0 Å². The molecule has 2 heterocycles. The first-order valence-corrected chi connectivity index (χ1v) is 12.3. The maximum atomic E-state index is 5.88. The van der Waals surface area contributed by atoms with E-state index >= 15 is 0 Å². The first kappa shape index (κ1) is 19.8. The van der Waals surface area contributed by atoms with Gasteiger partial charge in [-0.3, -0.25) is 9.05 Å². The van der Waals surface area contributed by atoms with E-state index < -0.39 is 17.2 Å². The van der Waals surface area contributed by atoms with Crippen LogP contribution >= 0.6 is 17.2 Å². The Hall–Kier alpha value is -2.88. The minimum Gasteiger partial charge on any atom is -0.417 e. The highest BCUT2D eigenvalue weighted by atomic mass is 31.2. The zero-order valence-electron chi connectivity index (χ0n) is 16.8. The van der Waals surface area contributed by atoms with E-state index in [0.717, 1.165) is 44.5 Å². The lowest BCUT2D eigenvalue weighted by atomic mass is 10.1. The third-order valence-corrected chi connectivity index (χ3v) is 7.17. The van der Waals surface area contributed by atoms with Crippen molar-refractivity contribution in [2.75, 3.05) is 13.2 Å². The molecule has 8 heteroatoms. The largest absolute Gasteiger partial charge is 0.463 e. The fourth-order valence-corrected chi connectivity index (χ4v) is 5.61. The van der Waals surface area contributed by atoms with Crippen LogP contribution in [-0.2, 0) is 9.05 Å². The molecule has 0 aromatic heterocycles. The van der Waals surface area contributed by atoms with Gasteiger partial charge in [0.2, 0.25) is 0 Å². The zero-order chi connectivity index (χ0) is 21.3. The predicted molar refractivity (Wildman–Crippen MR) is 125 cm³/mol. The molecule has 4 aromatic carbocycles. The van der Waals surface area contributed by atoms with E-state index in [1.54, 1.807) is 0 Å². The van der Waals surface area contributed by atoms with Crippen molar-refractivity contribution in [2.45, 2.75) is 0 Å². The van der Waals surface area contributed by atoms with Gasteiger partial charge in [-0.05, 0) is 35.0 Å². The Bertz CT molecular complexity index is 1140. The molecule has 32 heavy (non-hydrogen) atoms. The van der Waals surface area contributed by atoms with Gasteiger partial charge in [-0.25, -0.2) is 0 Å². The molecule has 0 radical (unpaired) electrons. The Morgan fingerprint density at radius 2 is 0.875 bits per heavy atom. The molecular formula is C24H18O6P2. The Labute approximate surface area is 187 Å². The van der Waals surface area contributed by atoms with Crippen LogP contribution in [0.25, 0.3) is 21.5 Å². The molecule has 0 bridgehead atoms. The van der Waals surface area contributed by atoms with E-state index in [0.29, 0.717) is 13.2 Å². The molecule has 2 aliphatic rings. The van der Waals surface area contributed by atoms with Crippen molar-refractivity contribution >= 4 is 38.7 Å². The lowest BCUT2D eigenvalue weighted by Gasteiger charge is -2.24.